The van der Waals surface area contributed by atoms with E-state index in [0.29, 0.717) is 17.1 Å². The van der Waals surface area contributed by atoms with Crippen LogP contribution in [0, 0.1) is 0 Å². The molecule has 0 aliphatic carbocycles. The molecule has 1 saturated heterocycles. The van der Waals surface area contributed by atoms with E-state index >= 15 is 0 Å². The maximum absolute atomic E-state index is 12.9. The molecule has 0 spiro atoms. The second kappa shape index (κ2) is 7.96. The number of benzene rings is 2. The number of hydrogen-bond donors (Lipinski definition) is 0. The zero-order valence-electron chi connectivity index (χ0n) is 15.5. The number of aromatic nitrogens is 3. The van der Waals surface area contributed by atoms with E-state index in [9.17, 15) is 13.2 Å². The Balaban J connectivity index is 1.55. The summed E-state index contributed by atoms with van der Waals surface area (Å²) in [5.41, 5.74) is 1.50. The summed E-state index contributed by atoms with van der Waals surface area (Å²) < 4.78 is 25.6. The first-order chi connectivity index (χ1) is 14.0. The van der Waals surface area contributed by atoms with Gasteiger partial charge in [-0.15, -0.1) is 5.10 Å². The predicted octanol–water partition coefficient (Wildman–Crippen LogP) is 2.92. The average molecular weight is 431 g/mol. The highest BCUT2D eigenvalue weighted by Crippen LogP contribution is 2.34. The van der Waals surface area contributed by atoms with E-state index in [1.807, 2.05) is 30.3 Å². The van der Waals surface area contributed by atoms with Crippen molar-refractivity contribution in [1.82, 2.24) is 19.9 Å². The number of rotatable bonds is 3. The molecule has 0 bridgehead atoms. The Morgan fingerprint density at radius 1 is 1.03 bits per heavy atom. The van der Waals surface area contributed by atoms with Gasteiger partial charge in [-0.25, -0.2) is 8.42 Å². The molecule has 1 unspecified atom stereocenters. The van der Waals surface area contributed by atoms with Gasteiger partial charge < -0.3 is 4.90 Å². The van der Waals surface area contributed by atoms with Crippen molar-refractivity contribution in [3.63, 3.8) is 0 Å². The fourth-order valence-corrected chi connectivity index (χ4v) is 5.59. The standard InChI is InChI=1S/C20H19ClN4O3S/c21-17-9-5-4-8-16(17)19-10-11-24(12-13-29(19,27)28)20(26)18-14-22-25(23-18)15-6-2-1-3-7-15/h1-9,14,19H,10-13H2. The smallest absolute Gasteiger partial charge is 0.276 e. The Morgan fingerprint density at radius 3 is 2.52 bits per heavy atom. The fraction of sp³-hybridized carbons (Fsp3) is 0.250. The molecule has 4 rings (SSSR count). The third-order valence-corrected chi connectivity index (χ3v) is 7.43. The van der Waals surface area contributed by atoms with E-state index in [4.69, 9.17) is 11.6 Å². The Hall–Kier alpha value is -2.71. The molecule has 2 heterocycles. The Kier molecular flexibility index (Phi) is 5.38. The molecule has 1 aromatic heterocycles. The first-order valence-electron chi connectivity index (χ1n) is 9.19. The maximum Gasteiger partial charge on any atom is 0.276 e. The van der Waals surface area contributed by atoms with Gasteiger partial charge in [0.05, 0.1) is 22.9 Å². The van der Waals surface area contributed by atoms with Crippen molar-refractivity contribution >= 4 is 27.3 Å². The summed E-state index contributed by atoms with van der Waals surface area (Å²) >= 11 is 6.23. The SMILES string of the molecule is O=C(c1cnn(-c2ccccc2)n1)N1CCC(c2ccccc2Cl)S(=O)(=O)CC1. The van der Waals surface area contributed by atoms with E-state index in [-0.39, 0.29) is 30.3 Å². The van der Waals surface area contributed by atoms with E-state index in [1.165, 1.54) is 15.9 Å². The lowest BCUT2D eigenvalue weighted by Crippen LogP contribution is -2.34. The molecule has 150 valence electrons. The molecule has 0 N–H and O–H groups in total. The summed E-state index contributed by atoms with van der Waals surface area (Å²) in [6.07, 6.45) is 1.69. The molecule has 9 heteroatoms. The summed E-state index contributed by atoms with van der Waals surface area (Å²) in [7, 11) is -3.44. The maximum atomic E-state index is 12.9. The van der Waals surface area contributed by atoms with Gasteiger partial charge in [0.1, 0.15) is 0 Å². The van der Waals surface area contributed by atoms with Gasteiger partial charge in [-0.05, 0) is 30.2 Å². The molecule has 7 nitrogen and oxygen atoms in total. The highest BCUT2D eigenvalue weighted by Gasteiger charge is 2.34. The fourth-order valence-electron chi connectivity index (χ4n) is 3.44. The molecule has 29 heavy (non-hydrogen) atoms. The van der Waals surface area contributed by atoms with Crippen LogP contribution < -0.4 is 0 Å². The molecule has 1 aliphatic heterocycles. The topological polar surface area (TPSA) is 85.2 Å². The minimum Gasteiger partial charge on any atom is -0.336 e. The summed E-state index contributed by atoms with van der Waals surface area (Å²) in [5.74, 6) is -0.455. The second-order valence-electron chi connectivity index (χ2n) is 6.81. The lowest BCUT2D eigenvalue weighted by molar-refractivity contribution is 0.0760. The minimum atomic E-state index is -3.44. The van der Waals surface area contributed by atoms with Crippen LogP contribution in [0.4, 0.5) is 0 Å². The van der Waals surface area contributed by atoms with Crippen molar-refractivity contribution in [2.75, 3.05) is 18.8 Å². The normalized spacial score (nSPS) is 18.9. The van der Waals surface area contributed by atoms with Crippen molar-refractivity contribution < 1.29 is 13.2 Å². The Morgan fingerprint density at radius 2 is 1.76 bits per heavy atom. The highest BCUT2D eigenvalue weighted by atomic mass is 35.5. The molecular weight excluding hydrogens is 412 g/mol. The van der Waals surface area contributed by atoms with Crippen LogP contribution >= 0.6 is 11.6 Å². The molecule has 2 aromatic carbocycles. The predicted molar refractivity (Wildman–Crippen MR) is 110 cm³/mol. The molecule has 1 atom stereocenters. The Bertz CT molecular complexity index is 1130. The van der Waals surface area contributed by atoms with Crippen LogP contribution in [0.1, 0.15) is 27.7 Å². The third kappa shape index (κ3) is 4.04. The zero-order chi connectivity index (χ0) is 20.4. The highest BCUT2D eigenvalue weighted by molar-refractivity contribution is 7.91. The lowest BCUT2D eigenvalue weighted by atomic mass is 10.1. The molecule has 1 aliphatic rings. The van der Waals surface area contributed by atoms with Crippen molar-refractivity contribution in [3.05, 3.63) is 77.1 Å². The summed E-state index contributed by atoms with van der Waals surface area (Å²) in [4.78, 5) is 15.8. The number of para-hydroxylation sites is 1. The van der Waals surface area contributed by atoms with E-state index in [0.717, 1.165) is 5.69 Å². The lowest BCUT2D eigenvalue weighted by Gasteiger charge is -2.18. The molecule has 0 saturated carbocycles. The number of amides is 1. The summed E-state index contributed by atoms with van der Waals surface area (Å²) in [6, 6.07) is 16.2. The summed E-state index contributed by atoms with van der Waals surface area (Å²) in [6.45, 7) is 0.409. The van der Waals surface area contributed by atoms with Crippen molar-refractivity contribution in [2.45, 2.75) is 11.7 Å². The number of nitrogens with zero attached hydrogens (tertiary/aromatic N) is 4. The minimum absolute atomic E-state index is 0.111. The van der Waals surface area contributed by atoms with Gasteiger partial charge in [-0.1, -0.05) is 48.0 Å². The number of carbonyl (C=O) groups is 1. The van der Waals surface area contributed by atoms with Gasteiger partial charge in [0.15, 0.2) is 15.5 Å². The van der Waals surface area contributed by atoms with Gasteiger partial charge in [-0.2, -0.15) is 9.90 Å². The van der Waals surface area contributed by atoms with E-state index < -0.39 is 15.1 Å². The van der Waals surface area contributed by atoms with Crippen LogP contribution in [0.2, 0.25) is 5.02 Å². The molecule has 0 radical (unpaired) electrons. The summed E-state index contributed by atoms with van der Waals surface area (Å²) in [5, 5.41) is 8.10. The quantitative estimate of drug-likeness (QED) is 0.637. The van der Waals surface area contributed by atoms with Crippen molar-refractivity contribution in [2.24, 2.45) is 0 Å². The first kappa shape index (κ1) is 19.6. The van der Waals surface area contributed by atoms with Gasteiger partial charge in [0, 0.05) is 18.1 Å². The van der Waals surface area contributed by atoms with E-state index in [2.05, 4.69) is 10.2 Å². The second-order valence-corrected chi connectivity index (χ2v) is 9.52. The monoisotopic (exact) mass is 430 g/mol. The number of sulfone groups is 1. The van der Waals surface area contributed by atoms with Crippen LogP contribution in [0.3, 0.4) is 0 Å². The van der Waals surface area contributed by atoms with Gasteiger partial charge in [-0.3, -0.25) is 4.79 Å². The van der Waals surface area contributed by atoms with Crippen LogP contribution in [0.25, 0.3) is 5.69 Å². The molecular formula is C20H19ClN4O3S. The third-order valence-electron chi connectivity index (χ3n) is 4.98. The van der Waals surface area contributed by atoms with Crippen LogP contribution in [0.5, 0.6) is 0 Å². The Labute approximate surface area is 173 Å². The van der Waals surface area contributed by atoms with Crippen LogP contribution in [-0.2, 0) is 9.84 Å². The van der Waals surface area contributed by atoms with Gasteiger partial charge in [0.25, 0.3) is 5.91 Å². The molecule has 1 fully saturated rings. The average Bonchev–Trinajstić information content (AvgIpc) is 3.16. The molecule has 3 aromatic rings. The van der Waals surface area contributed by atoms with Crippen LogP contribution in [-0.4, -0.2) is 53.1 Å². The van der Waals surface area contributed by atoms with Gasteiger partial charge >= 0.3 is 0 Å². The first-order valence-corrected chi connectivity index (χ1v) is 11.3. The number of hydrogen-bond acceptors (Lipinski definition) is 5. The number of halogens is 1. The van der Waals surface area contributed by atoms with Crippen molar-refractivity contribution in [1.29, 1.82) is 0 Å². The molecule has 1 amide bonds. The van der Waals surface area contributed by atoms with Gasteiger partial charge in [0.2, 0.25) is 0 Å². The zero-order valence-corrected chi connectivity index (χ0v) is 17.1. The largest absolute Gasteiger partial charge is 0.336 e. The van der Waals surface area contributed by atoms with Crippen molar-refractivity contribution in [3.8, 4) is 5.69 Å². The van der Waals surface area contributed by atoms with Crippen LogP contribution in [0.15, 0.2) is 60.8 Å². The van der Waals surface area contributed by atoms with E-state index in [1.54, 1.807) is 24.3 Å². The number of carbonyl (C=O) groups excluding carboxylic acids is 1.